The summed E-state index contributed by atoms with van der Waals surface area (Å²) in [4.78, 5) is 24.1. The van der Waals surface area contributed by atoms with E-state index in [0.29, 0.717) is 17.1 Å². The first-order valence-electron chi connectivity index (χ1n) is 8.40. The zero-order valence-electron chi connectivity index (χ0n) is 14.2. The third-order valence-electron chi connectivity index (χ3n) is 4.03. The van der Waals surface area contributed by atoms with Gasteiger partial charge in [-0.05, 0) is 40.6 Å². The average molecular weight is 367 g/mol. The van der Waals surface area contributed by atoms with E-state index in [4.69, 9.17) is 11.6 Å². The number of nitrogens with one attached hydrogen (secondary N) is 2. The van der Waals surface area contributed by atoms with Gasteiger partial charge in [0.2, 0.25) is 5.91 Å². The van der Waals surface area contributed by atoms with Gasteiger partial charge in [-0.3, -0.25) is 9.59 Å². The van der Waals surface area contributed by atoms with Gasteiger partial charge in [-0.15, -0.1) is 0 Å². The molecule has 3 aromatic carbocycles. The molecule has 26 heavy (non-hydrogen) atoms. The van der Waals surface area contributed by atoms with Crippen LogP contribution in [0, 0.1) is 0 Å². The van der Waals surface area contributed by atoms with Crippen LogP contribution in [0.2, 0.25) is 5.02 Å². The van der Waals surface area contributed by atoms with Crippen LogP contribution in [-0.2, 0) is 11.3 Å². The Morgan fingerprint density at radius 2 is 1.65 bits per heavy atom. The lowest BCUT2D eigenvalue weighted by molar-refractivity contribution is -0.121. The highest BCUT2D eigenvalue weighted by molar-refractivity contribution is 6.30. The summed E-state index contributed by atoms with van der Waals surface area (Å²) in [7, 11) is 0. The number of rotatable bonds is 6. The van der Waals surface area contributed by atoms with Crippen molar-refractivity contribution in [2.45, 2.75) is 13.0 Å². The Kier molecular flexibility index (Phi) is 5.87. The minimum Gasteiger partial charge on any atom is -0.352 e. The second kappa shape index (κ2) is 8.50. The molecule has 0 bridgehead atoms. The molecule has 0 aromatic heterocycles. The molecule has 0 aliphatic heterocycles. The lowest BCUT2D eigenvalue weighted by Gasteiger charge is -2.08. The third kappa shape index (κ3) is 4.83. The van der Waals surface area contributed by atoms with Crippen LogP contribution in [0.25, 0.3) is 10.8 Å². The van der Waals surface area contributed by atoms with Gasteiger partial charge in [-0.25, -0.2) is 0 Å². The summed E-state index contributed by atoms with van der Waals surface area (Å²) >= 11 is 5.91. The molecular weight excluding hydrogens is 348 g/mol. The average Bonchev–Trinajstić information content (AvgIpc) is 2.66. The van der Waals surface area contributed by atoms with Crippen molar-refractivity contribution in [1.29, 1.82) is 0 Å². The molecule has 0 aliphatic carbocycles. The number of amides is 2. The van der Waals surface area contributed by atoms with Crippen LogP contribution >= 0.6 is 11.6 Å². The maximum absolute atomic E-state index is 12.2. The summed E-state index contributed by atoms with van der Waals surface area (Å²) in [5, 5.41) is 8.34. The Hall–Kier alpha value is -2.85. The lowest BCUT2D eigenvalue weighted by Crippen LogP contribution is -2.30. The predicted molar refractivity (Wildman–Crippen MR) is 104 cm³/mol. The Morgan fingerprint density at radius 1 is 0.846 bits per heavy atom. The number of carbonyl (C=O) groups is 2. The molecule has 3 rings (SSSR count). The Morgan fingerprint density at radius 3 is 2.46 bits per heavy atom. The van der Waals surface area contributed by atoms with Gasteiger partial charge >= 0.3 is 0 Å². The molecule has 2 amide bonds. The Labute approximate surface area is 157 Å². The van der Waals surface area contributed by atoms with Gasteiger partial charge in [0.25, 0.3) is 5.91 Å². The molecular formula is C21H19ClN2O2. The SMILES string of the molecule is O=C(CCNC(=O)c1ccc2ccccc2c1)NCc1cccc(Cl)c1. The van der Waals surface area contributed by atoms with Gasteiger partial charge in [0.1, 0.15) is 0 Å². The Balaban J connectivity index is 1.46. The van der Waals surface area contributed by atoms with Crippen LogP contribution in [0.3, 0.4) is 0 Å². The molecule has 2 N–H and O–H groups in total. The molecule has 0 atom stereocenters. The highest BCUT2D eigenvalue weighted by atomic mass is 35.5. The first-order valence-corrected chi connectivity index (χ1v) is 8.78. The van der Waals surface area contributed by atoms with Gasteiger partial charge in [-0.2, -0.15) is 0 Å². The molecule has 0 fully saturated rings. The van der Waals surface area contributed by atoms with E-state index >= 15 is 0 Å². The van der Waals surface area contributed by atoms with Crippen molar-refractivity contribution in [3.63, 3.8) is 0 Å². The zero-order valence-corrected chi connectivity index (χ0v) is 14.9. The standard InChI is InChI=1S/C21H19ClN2O2/c22-19-7-3-4-15(12-19)14-24-20(25)10-11-23-21(26)18-9-8-16-5-1-2-6-17(16)13-18/h1-9,12-13H,10-11,14H2,(H,23,26)(H,24,25). The molecule has 0 saturated heterocycles. The summed E-state index contributed by atoms with van der Waals surface area (Å²) in [5.74, 6) is -0.304. The second-order valence-electron chi connectivity index (χ2n) is 5.97. The van der Waals surface area contributed by atoms with Gasteiger partial charge in [0.15, 0.2) is 0 Å². The minimum atomic E-state index is -0.182. The molecule has 0 radical (unpaired) electrons. The van der Waals surface area contributed by atoms with Crippen molar-refractivity contribution < 1.29 is 9.59 Å². The topological polar surface area (TPSA) is 58.2 Å². The first kappa shape index (κ1) is 18.0. The van der Waals surface area contributed by atoms with E-state index < -0.39 is 0 Å². The fraction of sp³-hybridized carbons (Fsp3) is 0.143. The summed E-state index contributed by atoms with van der Waals surface area (Å²) in [6, 6.07) is 20.8. The molecule has 0 saturated carbocycles. The number of carbonyl (C=O) groups excluding carboxylic acids is 2. The maximum atomic E-state index is 12.2. The van der Waals surface area contributed by atoms with E-state index in [0.717, 1.165) is 16.3 Å². The fourth-order valence-electron chi connectivity index (χ4n) is 2.66. The quantitative estimate of drug-likeness (QED) is 0.694. The number of benzene rings is 3. The van der Waals surface area contributed by atoms with Gasteiger partial charge < -0.3 is 10.6 Å². The van der Waals surface area contributed by atoms with Crippen molar-refractivity contribution in [3.05, 3.63) is 82.9 Å². The summed E-state index contributed by atoms with van der Waals surface area (Å²) in [6.45, 7) is 0.699. The van der Waals surface area contributed by atoms with E-state index in [1.54, 1.807) is 12.1 Å². The van der Waals surface area contributed by atoms with Gasteiger partial charge in [0, 0.05) is 30.1 Å². The van der Waals surface area contributed by atoms with Crippen LogP contribution in [0.4, 0.5) is 0 Å². The summed E-state index contributed by atoms with van der Waals surface area (Å²) in [6.07, 6.45) is 0.222. The molecule has 4 nitrogen and oxygen atoms in total. The molecule has 0 spiro atoms. The van der Waals surface area contributed by atoms with Crippen LogP contribution in [-0.4, -0.2) is 18.4 Å². The predicted octanol–water partition coefficient (Wildman–Crippen LogP) is 3.93. The van der Waals surface area contributed by atoms with Crippen LogP contribution in [0.5, 0.6) is 0 Å². The first-order chi connectivity index (χ1) is 12.6. The van der Waals surface area contributed by atoms with E-state index in [-0.39, 0.29) is 24.8 Å². The normalized spacial score (nSPS) is 10.5. The molecule has 0 aliphatic rings. The molecule has 0 heterocycles. The highest BCUT2D eigenvalue weighted by Gasteiger charge is 2.07. The lowest BCUT2D eigenvalue weighted by atomic mass is 10.1. The number of halogens is 1. The van der Waals surface area contributed by atoms with Crippen LogP contribution in [0.15, 0.2) is 66.7 Å². The van der Waals surface area contributed by atoms with Gasteiger partial charge in [-0.1, -0.05) is 54.1 Å². The highest BCUT2D eigenvalue weighted by Crippen LogP contribution is 2.15. The summed E-state index contributed by atoms with van der Waals surface area (Å²) < 4.78 is 0. The molecule has 5 heteroatoms. The summed E-state index contributed by atoms with van der Waals surface area (Å²) in [5.41, 5.74) is 1.52. The van der Waals surface area contributed by atoms with Crippen molar-refractivity contribution in [3.8, 4) is 0 Å². The van der Waals surface area contributed by atoms with E-state index in [9.17, 15) is 9.59 Å². The van der Waals surface area contributed by atoms with Crippen LogP contribution in [0.1, 0.15) is 22.3 Å². The van der Waals surface area contributed by atoms with E-state index in [2.05, 4.69) is 10.6 Å². The molecule has 132 valence electrons. The molecule has 3 aromatic rings. The smallest absolute Gasteiger partial charge is 0.251 e. The minimum absolute atomic E-state index is 0.121. The van der Waals surface area contributed by atoms with Crippen molar-refractivity contribution in [2.24, 2.45) is 0 Å². The van der Waals surface area contributed by atoms with Crippen molar-refractivity contribution >= 4 is 34.2 Å². The van der Waals surface area contributed by atoms with Gasteiger partial charge in [0.05, 0.1) is 0 Å². The number of hydrogen-bond donors (Lipinski definition) is 2. The van der Waals surface area contributed by atoms with Crippen molar-refractivity contribution in [1.82, 2.24) is 10.6 Å². The number of hydrogen-bond acceptors (Lipinski definition) is 2. The maximum Gasteiger partial charge on any atom is 0.251 e. The van der Waals surface area contributed by atoms with Crippen LogP contribution < -0.4 is 10.6 Å². The largest absolute Gasteiger partial charge is 0.352 e. The van der Waals surface area contributed by atoms with E-state index in [1.165, 1.54) is 0 Å². The second-order valence-corrected chi connectivity index (χ2v) is 6.41. The van der Waals surface area contributed by atoms with Crippen molar-refractivity contribution in [2.75, 3.05) is 6.54 Å². The Bertz CT molecular complexity index is 940. The zero-order chi connectivity index (χ0) is 18.4. The van der Waals surface area contributed by atoms with E-state index in [1.807, 2.05) is 54.6 Å². The monoisotopic (exact) mass is 366 g/mol. The fourth-order valence-corrected chi connectivity index (χ4v) is 2.87. The molecule has 0 unspecified atom stereocenters. The third-order valence-corrected chi connectivity index (χ3v) is 4.26. The number of fused-ring (bicyclic) bond motifs is 1.